The SMILES string of the molecule is Cc1ccc(-n2c(CCCl)nc3cnccc32)cc1Br. The average molecular weight is 351 g/mol. The second kappa shape index (κ2) is 5.54. The summed E-state index contributed by atoms with van der Waals surface area (Å²) in [7, 11) is 0. The fraction of sp³-hybridized carbons (Fsp3) is 0.200. The Morgan fingerprint density at radius 1 is 1.30 bits per heavy atom. The van der Waals surface area contributed by atoms with Crippen LogP contribution in [0.4, 0.5) is 0 Å². The van der Waals surface area contributed by atoms with Gasteiger partial charge in [0.2, 0.25) is 0 Å². The lowest BCUT2D eigenvalue weighted by Gasteiger charge is -2.10. The van der Waals surface area contributed by atoms with Crippen LogP contribution in [0.25, 0.3) is 16.7 Å². The van der Waals surface area contributed by atoms with Crippen LogP contribution in [0, 0.1) is 6.92 Å². The molecule has 3 aromatic rings. The summed E-state index contributed by atoms with van der Waals surface area (Å²) < 4.78 is 3.23. The topological polar surface area (TPSA) is 30.7 Å². The van der Waals surface area contributed by atoms with Gasteiger partial charge in [-0.25, -0.2) is 4.98 Å². The van der Waals surface area contributed by atoms with Crippen molar-refractivity contribution in [2.75, 3.05) is 5.88 Å². The third-order valence-electron chi connectivity index (χ3n) is 3.26. The van der Waals surface area contributed by atoms with E-state index in [0.29, 0.717) is 5.88 Å². The number of aromatic nitrogens is 3. The van der Waals surface area contributed by atoms with E-state index >= 15 is 0 Å². The maximum absolute atomic E-state index is 5.90. The average Bonchev–Trinajstić information content (AvgIpc) is 2.80. The van der Waals surface area contributed by atoms with E-state index in [2.05, 4.69) is 55.6 Å². The highest BCUT2D eigenvalue weighted by molar-refractivity contribution is 9.10. The van der Waals surface area contributed by atoms with Gasteiger partial charge in [0.15, 0.2) is 0 Å². The monoisotopic (exact) mass is 349 g/mol. The Hall–Kier alpha value is -1.39. The van der Waals surface area contributed by atoms with Crippen LogP contribution in [0.1, 0.15) is 11.4 Å². The third kappa shape index (κ3) is 2.34. The molecule has 0 spiro atoms. The number of alkyl halides is 1. The molecule has 0 aliphatic rings. The normalized spacial score (nSPS) is 11.2. The summed E-state index contributed by atoms with van der Waals surface area (Å²) in [5, 5.41) is 0. The number of nitrogens with zero attached hydrogens (tertiary/aromatic N) is 3. The highest BCUT2D eigenvalue weighted by Crippen LogP contribution is 2.25. The Bertz CT molecular complexity index is 767. The third-order valence-corrected chi connectivity index (χ3v) is 4.30. The van der Waals surface area contributed by atoms with Crippen molar-refractivity contribution in [3.8, 4) is 5.69 Å². The number of imidazole rings is 1. The first-order chi connectivity index (χ1) is 9.70. The highest BCUT2D eigenvalue weighted by atomic mass is 79.9. The van der Waals surface area contributed by atoms with Gasteiger partial charge in [-0.15, -0.1) is 11.6 Å². The summed E-state index contributed by atoms with van der Waals surface area (Å²) in [5.41, 5.74) is 4.23. The molecule has 0 bridgehead atoms. The summed E-state index contributed by atoms with van der Waals surface area (Å²) >= 11 is 9.49. The minimum Gasteiger partial charge on any atom is -0.296 e. The van der Waals surface area contributed by atoms with Gasteiger partial charge in [0, 0.05) is 28.7 Å². The standard InChI is InChI=1S/C15H13BrClN3/c1-10-2-3-11(8-12(10)16)20-14-5-7-18-9-13(14)19-15(20)4-6-17/h2-3,5,7-9H,4,6H2,1H3. The first-order valence-electron chi connectivity index (χ1n) is 6.34. The number of halogens is 2. The van der Waals surface area contributed by atoms with Gasteiger partial charge < -0.3 is 0 Å². The van der Waals surface area contributed by atoms with Crippen molar-refractivity contribution in [3.63, 3.8) is 0 Å². The van der Waals surface area contributed by atoms with Crippen LogP contribution >= 0.6 is 27.5 Å². The predicted octanol–water partition coefficient (Wildman–Crippen LogP) is 4.27. The van der Waals surface area contributed by atoms with Crippen LogP contribution in [-0.2, 0) is 6.42 Å². The minimum absolute atomic E-state index is 0.545. The van der Waals surface area contributed by atoms with Gasteiger partial charge in [0.05, 0.1) is 11.7 Å². The molecule has 102 valence electrons. The number of fused-ring (bicyclic) bond motifs is 1. The smallest absolute Gasteiger partial charge is 0.115 e. The molecular weight excluding hydrogens is 338 g/mol. The highest BCUT2D eigenvalue weighted by Gasteiger charge is 2.12. The molecule has 0 N–H and O–H groups in total. The molecule has 0 amide bonds. The first-order valence-corrected chi connectivity index (χ1v) is 7.67. The van der Waals surface area contributed by atoms with E-state index in [1.54, 1.807) is 12.4 Å². The molecule has 5 heteroatoms. The fourth-order valence-corrected chi connectivity index (χ4v) is 2.78. The Labute approximate surface area is 130 Å². The van der Waals surface area contributed by atoms with Gasteiger partial charge in [0.1, 0.15) is 11.3 Å². The van der Waals surface area contributed by atoms with Crippen LogP contribution in [-0.4, -0.2) is 20.4 Å². The molecule has 1 aromatic carbocycles. The molecule has 2 aromatic heterocycles. The van der Waals surface area contributed by atoms with E-state index in [0.717, 1.165) is 33.4 Å². The summed E-state index contributed by atoms with van der Waals surface area (Å²) in [6, 6.07) is 8.28. The van der Waals surface area contributed by atoms with Crippen LogP contribution in [0.3, 0.4) is 0 Å². The maximum atomic E-state index is 5.90. The quantitative estimate of drug-likeness (QED) is 0.660. The zero-order valence-electron chi connectivity index (χ0n) is 11.0. The molecule has 20 heavy (non-hydrogen) atoms. The van der Waals surface area contributed by atoms with Crippen molar-refractivity contribution >= 4 is 38.6 Å². The molecule has 0 saturated carbocycles. The van der Waals surface area contributed by atoms with E-state index in [-0.39, 0.29) is 0 Å². The molecule has 0 aliphatic heterocycles. The number of hydrogen-bond donors (Lipinski definition) is 0. The molecule has 0 fully saturated rings. The van der Waals surface area contributed by atoms with Crippen molar-refractivity contribution in [2.45, 2.75) is 13.3 Å². The van der Waals surface area contributed by atoms with Gasteiger partial charge in [-0.05, 0) is 30.7 Å². The first kappa shape index (κ1) is 13.6. The molecule has 2 heterocycles. The van der Waals surface area contributed by atoms with E-state index in [1.165, 1.54) is 5.56 Å². The van der Waals surface area contributed by atoms with Crippen LogP contribution in [0.2, 0.25) is 0 Å². The van der Waals surface area contributed by atoms with Crippen molar-refractivity contribution in [1.82, 2.24) is 14.5 Å². The van der Waals surface area contributed by atoms with Gasteiger partial charge in [-0.3, -0.25) is 9.55 Å². The fourth-order valence-electron chi connectivity index (χ4n) is 2.24. The zero-order valence-corrected chi connectivity index (χ0v) is 13.3. The Morgan fingerprint density at radius 3 is 2.90 bits per heavy atom. The van der Waals surface area contributed by atoms with Gasteiger partial charge in [0.25, 0.3) is 0 Å². The second-order valence-corrected chi connectivity index (χ2v) is 5.83. The molecule has 3 rings (SSSR count). The number of benzene rings is 1. The molecule has 3 nitrogen and oxygen atoms in total. The lowest BCUT2D eigenvalue weighted by molar-refractivity contribution is 0.911. The lowest BCUT2D eigenvalue weighted by Crippen LogP contribution is -2.02. The predicted molar refractivity (Wildman–Crippen MR) is 85.7 cm³/mol. The second-order valence-electron chi connectivity index (χ2n) is 4.60. The number of aryl methyl sites for hydroxylation is 2. The van der Waals surface area contributed by atoms with E-state index in [1.807, 2.05) is 6.07 Å². The van der Waals surface area contributed by atoms with E-state index < -0.39 is 0 Å². The van der Waals surface area contributed by atoms with Crippen LogP contribution < -0.4 is 0 Å². The van der Waals surface area contributed by atoms with E-state index in [4.69, 9.17) is 11.6 Å². The summed E-state index contributed by atoms with van der Waals surface area (Å²) in [6.45, 7) is 2.07. The zero-order chi connectivity index (χ0) is 14.1. The minimum atomic E-state index is 0.545. The number of rotatable bonds is 3. The molecule has 0 radical (unpaired) electrons. The van der Waals surface area contributed by atoms with Gasteiger partial charge in [-0.1, -0.05) is 22.0 Å². The summed E-state index contributed by atoms with van der Waals surface area (Å²) in [6.07, 6.45) is 4.29. The largest absolute Gasteiger partial charge is 0.296 e. The Balaban J connectivity index is 2.26. The van der Waals surface area contributed by atoms with Crippen LogP contribution in [0.5, 0.6) is 0 Å². The van der Waals surface area contributed by atoms with Crippen LogP contribution in [0.15, 0.2) is 41.1 Å². The molecule has 0 unspecified atom stereocenters. The number of hydrogen-bond acceptors (Lipinski definition) is 2. The Kier molecular flexibility index (Phi) is 3.76. The molecule has 0 aliphatic carbocycles. The van der Waals surface area contributed by atoms with E-state index in [9.17, 15) is 0 Å². The van der Waals surface area contributed by atoms with Crippen molar-refractivity contribution < 1.29 is 0 Å². The van der Waals surface area contributed by atoms with Crippen molar-refractivity contribution in [1.29, 1.82) is 0 Å². The van der Waals surface area contributed by atoms with Gasteiger partial charge in [-0.2, -0.15) is 0 Å². The number of pyridine rings is 1. The Morgan fingerprint density at radius 2 is 2.15 bits per heavy atom. The van der Waals surface area contributed by atoms with Crippen molar-refractivity contribution in [2.24, 2.45) is 0 Å². The lowest BCUT2D eigenvalue weighted by atomic mass is 10.2. The summed E-state index contributed by atoms with van der Waals surface area (Å²) in [5.74, 6) is 1.50. The van der Waals surface area contributed by atoms with Crippen molar-refractivity contribution in [3.05, 3.63) is 52.5 Å². The maximum Gasteiger partial charge on any atom is 0.115 e. The molecular formula is C15H13BrClN3. The molecule has 0 saturated heterocycles. The molecule has 0 atom stereocenters. The summed E-state index contributed by atoms with van der Waals surface area (Å²) in [4.78, 5) is 8.77. The van der Waals surface area contributed by atoms with Gasteiger partial charge >= 0.3 is 0 Å².